The van der Waals surface area contributed by atoms with Gasteiger partial charge in [-0.2, -0.15) is 12.6 Å². The summed E-state index contributed by atoms with van der Waals surface area (Å²) in [6.45, 7) is 1.79. The zero-order valence-electron chi connectivity index (χ0n) is 9.06. The van der Waals surface area contributed by atoms with E-state index in [0.29, 0.717) is 10.6 Å². The predicted octanol–water partition coefficient (Wildman–Crippen LogP) is 1.68. The minimum Gasteiger partial charge on any atom is -0.207 e. The maximum Gasteiger partial charge on any atom is 0.242 e. The van der Waals surface area contributed by atoms with E-state index < -0.39 is 10.0 Å². The molecule has 1 rings (SSSR count). The lowest BCUT2D eigenvalue weighted by atomic mass is 10.2. The van der Waals surface area contributed by atoms with Gasteiger partial charge in [-0.25, -0.2) is 12.7 Å². The van der Waals surface area contributed by atoms with E-state index >= 15 is 0 Å². The molecular weight excluding hydrogens is 230 g/mol. The molecule has 0 unspecified atom stereocenters. The molecule has 0 radical (unpaired) electrons. The van der Waals surface area contributed by atoms with Gasteiger partial charge >= 0.3 is 0 Å². The van der Waals surface area contributed by atoms with Crippen molar-refractivity contribution in [3.8, 4) is 0 Å². The van der Waals surface area contributed by atoms with Crippen LogP contribution in [-0.2, 0) is 15.8 Å². The van der Waals surface area contributed by atoms with Gasteiger partial charge in [0.25, 0.3) is 0 Å². The van der Waals surface area contributed by atoms with Gasteiger partial charge in [0.15, 0.2) is 0 Å². The fourth-order valence-corrected chi connectivity index (χ4v) is 2.58. The monoisotopic (exact) mass is 245 g/mol. The number of nitrogens with zero attached hydrogens (tertiary/aromatic N) is 1. The molecule has 1 aromatic carbocycles. The molecule has 0 aliphatic heterocycles. The second-order valence-corrected chi connectivity index (χ2v) is 5.98. The van der Waals surface area contributed by atoms with Crippen LogP contribution in [0, 0.1) is 6.92 Å². The highest BCUT2D eigenvalue weighted by molar-refractivity contribution is 7.89. The Hall–Kier alpha value is -0.520. The largest absolute Gasteiger partial charge is 0.242 e. The summed E-state index contributed by atoms with van der Waals surface area (Å²) in [5.74, 6) is 0.538. The van der Waals surface area contributed by atoms with Crippen molar-refractivity contribution in [3.63, 3.8) is 0 Å². The first-order valence-electron chi connectivity index (χ1n) is 4.52. The first kappa shape index (κ1) is 12.5. The molecule has 0 aliphatic carbocycles. The summed E-state index contributed by atoms with van der Waals surface area (Å²) in [4.78, 5) is 0.360. The van der Waals surface area contributed by atoms with Crippen LogP contribution in [0.2, 0.25) is 0 Å². The van der Waals surface area contributed by atoms with Crippen LogP contribution in [-0.4, -0.2) is 26.8 Å². The van der Waals surface area contributed by atoms with E-state index in [2.05, 4.69) is 12.6 Å². The molecule has 0 fully saturated rings. The third kappa shape index (κ3) is 2.53. The van der Waals surface area contributed by atoms with Crippen molar-refractivity contribution >= 4 is 22.7 Å². The molecule has 1 aromatic rings. The summed E-state index contributed by atoms with van der Waals surface area (Å²) >= 11 is 4.13. The van der Waals surface area contributed by atoms with Crippen LogP contribution in [0.5, 0.6) is 0 Å². The lowest BCUT2D eigenvalue weighted by Crippen LogP contribution is -2.23. The van der Waals surface area contributed by atoms with Gasteiger partial charge in [0, 0.05) is 19.8 Å². The maximum atomic E-state index is 11.9. The topological polar surface area (TPSA) is 37.4 Å². The van der Waals surface area contributed by atoms with Gasteiger partial charge in [0.1, 0.15) is 0 Å². The Balaban J connectivity index is 3.37. The summed E-state index contributed by atoms with van der Waals surface area (Å²) in [6.07, 6.45) is 0. The quantitative estimate of drug-likeness (QED) is 0.823. The normalized spacial score (nSPS) is 12.1. The number of hydrogen-bond donors (Lipinski definition) is 1. The molecule has 0 atom stereocenters. The van der Waals surface area contributed by atoms with Crippen LogP contribution >= 0.6 is 12.6 Å². The predicted molar refractivity (Wildman–Crippen MR) is 64.7 cm³/mol. The molecule has 0 aliphatic rings. The summed E-state index contributed by atoms with van der Waals surface area (Å²) in [6, 6.07) is 5.37. The van der Waals surface area contributed by atoms with Crippen molar-refractivity contribution < 1.29 is 8.42 Å². The number of hydrogen-bond acceptors (Lipinski definition) is 3. The smallest absolute Gasteiger partial charge is 0.207 e. The molecule has 0 spiro atoms. The molecule has 0 amide bonds. The minimum absolute atomic E-state index is 0.360. The fraction of sp³-hybridized carbons (Fsp3) is 0.400. The lowest BCUT2D eigenvalue weighted by Gasteiger charge is -2.14. The van der Waals surface area contributed by atoms with Crippen molar-refractivity contribution in [1.82, 2.24) is 4.31 Å². The zero-order valence-corrected chi connectivity index (χ0v) is 10.8. The van der Waals surface area contributed by atoms with E-state index in [-0.39, 0.29) is 0 Å². The van der Waals surface area contributed by atoms with Crippen molar-refractivity contribution in [2.75, 3.05) is 14.1 Å². The van der Waals surface area contributed by atoms with E-state index in [1.807, 2.05) is 12.1 Å². The third-order valence-electron chi connectivity index (χ3n) is 2.19. The first-order chi connectivity index (χ1) is 6.89. The standard InChI is InChI=1S/C10H15NO2S2/c1-8-4-5-9(7-14)6-10(8)15(12,13)11(2)3/h4-6,14H,7H2,1-3H3. The molecule has 3 nitrogen and oxygen atoms in total. The molecule has 0 N–H and O–H groups in total. The average Bonchev–Trinajstić information content (AvgIpc) is 2.18. The fourth-order valence-electron chi connectivity index (χ4n) is 1.22. The Morgan fingerprint density at radius 1 is 1.33 bits per heavy atom. The van der Waals surface area contributed by atoms with Gasteiger partial charge in [0.2, 0.25) is 10.0 Å². The van der Waals surface area contributed by atoms with Crippen LogP contribution in [0.4, 0.5) is 0 Å². The Morgan fingerprint density at radius 3 is 2.40 bits per heavy atom. The maximum absolute atomic E-state index is 11.9. The molecule has 84 valence electrons. The summed E-state index contributed by atoms with van der Waals surface area (Å²) < 4.78 is 25.1. The van der Waals surface area contributed by atoms with Crippen LogP contribution < -0.4 is 0 Å². The van der Waals surface area contributed by atoms with Crippen molar-refractivity contribution in [3.05, 3.63) is 29.3 Å². The van der Waals surface area contributed by atoms with E-state index in [9.17, 15) is 8.42 Å². The number of sulfonamides is 1. The number of thiol groups is 1. The van der Waals surface area contributed by atoms with Crippen molar-refractivity contribution in [2.45, 2.75) is 17.6 Å². The highest BCUT2D eigenvalue weighted by Crippen LogP contribution is 2.20. The second kappa shape index (κ2) is 4.55. The van der Waals surface area contributed by atoms with E-state index in [0.717, 1.165) is 11.1 Å². The molecular formula is C10H15NO2S2. The van der Waals surface area contributed by atoms with Gasteiger partial charge in [0.05, 0.1) is 4.90 Å². The van der Waals surface area contributed by atoms with E-state index in [4.69, 9.17) is 0 Å². The molecule has 0 heterocycles. The van der Waals surface area contributed by atoms with Crippen molar-refractivity contribution in [1.29, 1.82) is 0 Å². The van der Waals surface area contributed by atoms with Crippen LogP contribution in [0.25, 0.3) is 0 Å². The van der Waals surface area contributed by atoms with Gasteiger partial charge in [-0.1, -0.05) is 12.1 Å². The molecule has 5 heteroatoms. The highest BCUT2D eigenvalue weighted by atomic mass is 32.2. The Labute approximate surface area is 96.6 Å². The number of rotatable bonds is 3. The van der Waals surface area contributed by atoms with Crippen LogP contribution in [0.1, 0.15) is 11.1 Å². The van der Waals surface area contributed by atoms with Crippen LogP contribution in [0.3, 0.4) is 0 Å². The third-order valence-corrected chi connectivity index (χ3v) is 4.52. The van der Waals surface area contributed by atoms with Gasteiger partial charge in [-0.3, -0.25) is 0 Å². The first-order valence-corrected chi connectivity index (χ1v) is 6.59. The Morgan fingerprint density at radius 2 is 1.93 bits per heavy atom. The summed E-state index contributed by atoms with van der Waals surface area (Å²) in [5, 5.41) is 0. The van der Waals surface area contributed by atoms with Gasteiger partial charge < -0.3 is 0 Å². The molecule has 0 saturated carbocycles. The average molecular weight is 245 g/mol. The van der Waals surface area contributed by atoms with Crippen molar-refractivity contribution in [2.24, 2.45) is 0 Å². The Kier molecular flexibility index (Phi) is 3.81. The lowest BCUT2D eigenvalue weighted by molar-refractivity contribution is 0.520. The molecule has 15 heavy (non-hydrogen) atoms. The number of benzene rings is 1. The van der Waals surface area contributed by atoms with E-state index in [1.165, 1.54) is 18.4 Å². The number of aryl methyl sites for hydroxylation is 1. The Bertz CT molecular complexity index is 452. The minimum atomic E-state index is -3.34. The summed E-state index contributed by atoms with van der Waals surface area (Å²) in [5.41, 5.74) is 1.67. The summed E-state index contributed by atoms with van der Waals surface area (Å²) in [7, 11) is -0.281. The zero-order chi connectivity index (χ0) is 11.6. The molecule has 0 saturated heterocycles. The van der Waals surface area contributed by atoms with E-state index in [1.54, 1.807) is 13.0 Å². The van der Waals surface area contributed by atoms with Crippen LogP contribution in [0.15, 0.2) is 23.1 Å². The molecule has 0 aromatic heterocycles. The van der Waals surface area contributed by atoms with Gasteiger partial charge in [-0.05, 0) is 24.1 Å². The second-order valence-electron chi connectivity index (χ2n) is 3.55. The van der Waals surface area contributed by atoms with Gasteiger partial charge in [-0.15, -0.1) is 0 Å². The SMILES string of the molecule is Cc1ccc(CS)cc1S(=O)(=O)N(C)C. The molecule has 0 bridgehead atoms. The highest BCUT2D eigenvalue weighted by Gasteiger charge is 2.19.